The van der Waals surface area contributed by atoms with Gasteiger partial charge >= 0.3 is 6.18 Å². The predicted octanol–water partition coefficient (Wildman–Crippen LogP) is 4.52. The fraction of sp³-hybridized carbons (Fsp3) is 0.214. The molecule has 0 aliphatic carbocycles. The number of nitrogens with zero attached hydrogens (tertiary/aromatic N) is 1. The van der Waals surface area contributed by atoms with Gasteiger partial charge < -0.3 is 9.30 Å². The summed E-state index contributed by atoms with van der Waals surface area (Å²) in [4.78, 5) is 10.3. The van der Waals surface area contributed by atoms with Crippen molar-refractivity contribution in [2.45, 2.75) is 19.3 Å². The minimum atomic E-state index is -4.55. The number of hydrogen-bond acceptors (Lipinski definition) is 2. The van der Waals surface area contributed by atoms with E-state index in [0.717, 1.165) is 10.6 Å². The normalized spacial score (nSPS) is 13.0. The van der Waals surface area contributed by atoms with Crippen molar-refractivity contribution in [1.82, 2.24) is 4.57 Å². The van der Waals surface area contributed by atoms with Crippen LogP contribution in [-0.4, -0.2) is 11.0 Å². The summed E-state index contributed by atoms with van der Waals surface area (Å²) in [6, 6.07) is 7.42. The molecule has 0 saturated carbocycles. The zero-order valence-electron chi connectivity index (χ0n) is 10.9. The van der Waals surface area contributed by atoms with Crippen LogP contribution in [0.2, 0.25) is 5.02 Å². The zero-order valence-corrected chi connectivity index (χ0v) is 11.7. The third-order valence-electron chi connectivity index (χ3n) is 2.96. The second-order valence-corrected chi connectivity index (χ2v) is 4.79. The summed E-state index contributed by atoms with van der Waals surface area (Å²) in [7, 11) is 0. The molecule has 0 saturated heterocycles. The summed E-state index contributed by atoms with van der Waals surface area (Å²) in [5.41, 5.74) is 0.0593. The fourth-order valence-electron chi connectivity index (χ4n) is 1.95. The van der Waals surface area contributed by atoms with Crippen LogP contribution < -0.4 is 0 Å². The van der Waals surface area contributed by atoms with Gasteiger partial charge in [0.15, 0.2) is 6.23 Å². The van der Waals surface area contributed by atoms with Crippen LogP contribution in [0.4, 0.5) is 13.2 Å². The van der Waals surface area contributed by atoms with E-state index < -0.39 is 18.1 Å². The van der Waals surface area contributed by atoms with E-state index >= 15 is 0 Å². The monoisotopic (exact) mass is 317 g/mol. The van der Waals surface area contributed by atoms with Crippen molar-refractivity contribution >= 4 is 18.1 Å². The second-order valence-electron chi connectivity index (χ2n) is 4.36. The Morgan fingerprint density at radius 1 is 1.24 bits per heavy atom. The average molecular weight is 318 g/mol. The van der Waals surface area contributed by atoms with Crippen LogP contribution >= 0.6 is 11.6 Å². The van der Waals surface area contributed by atoms with Gasteiger partial charge in [-0.15, -0.1) is 0 Å². The lowest BCUT2D eigenvalue weighted by Gasteiger charge is -2.16. The van der Waals surface area contributed by atoms with Crippen molar-refractivity contribution in [3.05, 3.63) is 47.2 Å². The van der Waals surface area contributed by atoms with E-state index in [-0.39, 0.29) is 6.47 Å². The highest BCUT2D eigenvalue weighted by atomic mass is 35.5. The summed E-state index contributed by atoms with van der Waals surface area (Å²) in [6.45, 7) is 1.47. The minimum absolute atomic E-state index is 0.118. The lowest BCUT2D eigenvalue weighted by molar-refractivity contribution is -0.152. The molecule has 2 aromatic rings. The highest BCUT2D eigenvalue weighted by molar-refractivity contribution is 6.30. The maximum Gasteiger partial charge on any atom is 0.431 e. The molecule has 0 aliphatic rings. The maximum atomic E-state index is 13.1. The number of ether oxygens (including phenoxy) is 1. The molecule has 112 valence electrons. The van der Waals surface area contributed by atoms with Crippen LogP contribution in [0.3, 0.4) is 0 Å². The van der Waals surface area contributed by atoms with Gasteiger partial charge in [-0.25, -0.2) is 0 Å². The molecule has 0 radical (unpaired) electrons. The van der Waals surface area contributed by atoms with Crippen LogP contribution in [-0.2, 0) is 15.7 Å². The first-order valence-electron chi connectivity index (χ1n) is 5.97. The fourth-order valence-corrected chi connectivity index (χ4v) is 2.08. The van der Waals surface area contributed by atoms with Gasteiger partial charge in [-0.3, -0.25) is 4.79 Å². The van der Waals surface area contributed by atoms with Crippen LogP contribution in [0.25, 0.3) is 11.1 Å². The number of carbonyl (C=O) groups excluding carboxylic acids is 1. The summed E-state index contributed by atoms with van der Waals surface area (Å²) >= 11 is 5.76. The molecular weight excluding hydrogens is 307 g/mol. The van der Waals surface area contributed by atoms with Gasteiger partial charge in [-0.1, -0.05) is 23.7 Å². The number of carbonyl (C=O) groups is 1. The minimum Gasteiger partial charge on any atom is -0.444 e. The van der Waals surface area contributed by atoms with Gasteiger partial charge in [-0.2, -0.15) is 13.2 Å². The molecule has 2 rings (SSSR count). The molecule has 1 heterocycles. The van der Waals surface area contributed by atoms with Crippen molar-refractivity contribution in [2.24, 2.45) is 0 Å². The Bertz CT molecular complexity index is 635. The SMILES string of the molecule is CC(OC=O)n1cc(-c2ccc(Cl)cc2)cc1C(F)(F)F. The Hall–Kier alpha value is -1.95. The maximum absolute atomic E-state index is 13.1. The number of benzene rings is 1. The number of hydrogen-bond donors (Lipinski definition) is 0. The number of aromatic nitrogens is 1. The topological polar surface area (TPSA) is 31.2 Å². The van der Waals surface area contributed by atoms with Crippen LogP contribution in [0.1, 0.15) is 18.8 Å². The van der Waals surface area contributed by atoms with E-state index in [1.807, 2.05) is 0 Å². The quantitative estimate of drug-likeness (QED) is 0.776. The van der Waals surface area contributed by atoms with Gasteiger partial charge in [0.25, 0.3) is 6.47 Å². The summed E-state index contributed by atoms with van der Waals surface area (Å²) in [5, 5.41) is 0.492. The predicted molar refractivity (Wildman–Crippen MR) is 71.7 cm³/mol. The van der Waals surface area contributed by atoms with Crippen molar-refractivity contribution in [3.8, 4) is 11.1 Å². The Morgan fingerprint density at radius 3 is 2.38 bits per heavy atom. The van der Waals surface area contributed by atoms with Crippen molar-refractivity contribution < 1.29 is 22.7 Å². The molecule has 1 aromatic carbocycles. The second kappa shape index (κ2) is 5.81. The Morgan fingerprint density at radius 2 is 1.86 bits per heavy atom. The molecule has 7 heteroatoms. The van der Waals surface area contributed by atoms with Crippen molar-refractivity contribution in [3.63, 3.8) is 0 Å². The molecule has 0 fully saturated rings. The van der Waals surface area contributed by atoms with E-state index in [4.69, 9.17) is 11.6 Å². The first-order chi connectivity index (χ1) is 9.82. The van der Waals surface area contributed by atoms with E-state index in [0.29, 0.717) is 16.1 Å². The number of rotatable bonds is 4. The molecule has 0 bridgehead atoms. The average Bonchev–Trinajstić information content (AvgIpc) is 2.85. The highest BCUT2D eigenvalue weighted by Crippen LogP contribution is 2.36. The molecule has 21 heavy (non-hydrogen) atoms. The van der Waals surface area contributed by atoms with E-state index in [1.165, 1.54) is 13.1 Å². The standard InChI is InChI=1S/C14H11ClF3NO2/c1-9(21-8-20)19-7-11(6-13(19)14(16,17)18)10-2-4-12(15)5-3-10/h2-9H,1H3. The first kappa shape index (κ1) is 15.4. The van der Waals surface area contributed by atoms with Crippen molar-refractivity contribution in [2.75, 3.05) is 0 Å². The smallest absolute Gasteiger partial charge is 0.431 e. The number of halogens is 4. The molecule has 1 atom stereocenters. The van der Waals surface area contributed by atoms with Gasteiger partial charge in [0.1, 0.15) is 5.69 Å². The summed E-state index contributed by atoms with van der Waals surface area (Å²) in [5.74, 6) is 0. The molecular formula is C14H11ClF3NO2. The zero-order chi connectivity index (χ0) is 15.6. The summed E-state index contributed by atoms with van der Waals surface area (Å²) < 4.78 is 44.6. The lowest BCUT2D eigenvalue weighted by Crippen LogP contribution is -2.17. The molecule has 0 spiro atoms. The lowest BCUT2D eigenvalue weighted by atomic mass is 10.1. The molecule has 1 aromatic heterocycles. The largest absolute Gasteiger partial charge is 0.444 e. The third-order valence-corrected chi connectivity index (χ3v) is 3.21. The Kier molecular flexibility index (Phi) is 4.27. The molecule has 0 aliphatic heterocycles. The molecule has 3 nitrogen and oxygen atoms in total. The van der Waals surface area contributed by atoms with Gasteiger partial charge in [0, 0.05) is 16.8 Å². The van der Waals surface area contributed by atoms with Gasteiger partial charge in [0.05, 0.1) is 0 Å². The molecule has 0 N–H and O–H groups in total. The van der Waals surface area contributed by atoms with Crippen LogP contribution in [0, 0.1) is 0 Å². The van der Waals surface area contributed by atoms with E-state index in [1.54, 1.807) is 24.3 Å². The first-order valence-corrected chi connectivity index (χ1v) is 6.35. The van der Waals surface area contributed by atoms with Gasteiger partial charge in [0.2, 0.25) is 0 Å². The Balaban J connectivity index is 2.50. The third kappa shape index (κ3) is 3.39. The molecule has 1 unspecified atom stereocenters. The summed E-state index contributed by atoms with van der Waals surface area (Å²) in [6.07, 6.45) is -4.31. The number of alkyl halides is 3. The van der Waals surface area contributed by atoms with E-state index in [2.05, 4.69) is 4.74 Å². The van der Waals surface area contributed by atoms with Gasteiger partial charge in [-0.05, 0) is 30.7 Å². The van der Waals surface area contributed by atoms with E-state index in [9.17, 15) is 18.0 Å². The Labute approximate surface area is 123 Å². The van der Waals surface area contributed by atoms with Crippen LogP contribution in [0.15, 0.2) is 36.5 Å². The highest BCUT2D eigenvalue weighted by Gasteiger charge is 2.36. The van der Waals surface area contributed by atoms with Crippen molar-refractivity contribution in [1.29, 1.82) is 0 Å². The molecule has 0 amide bonds. The van der Waals surface area contributed by atoms with Crippen LogP contribution in [0.5, 0.6) is 0 Å².